The fraction of sp³-hybridized carbons (Fsp3) is 0.333. The summed E-state index contributed by atoms with van der Waals surface area (Å²) in [5.41, 5.74) is 1.37. The molecule has 0 aliphatic heterocycles. The van der Waals surface area contributed by atoms with Gasteiger partial charge in [-0.1, -0.05) is 24.3 Å². The summed E-state index contributed by atoms with van der Waals surface area (Å²) in [5.74, 6) is 2.90. The van der Waals surface area contributed by atoms with Crippen LogP contribution in [0.25, 0.3) is 21.5 Å². The average molecular weight is 412 g/mol. The number of aliphatic hydroxyl groups is 1. The molecule has 1 unspecified atom stereocenters. The SMILES string of the molecule is C/C=C/C(O)c1c(C)c(OC)c2c(OC)c3cccc(OC)c3c(OC)c2c1OC. The van der Waals surface area contributed by atoms with Gasteiger partial charge in [-0.2, -0.15) is 0 Å². The second kappa shape index (κ2) is 8.71. The lowest BCUT2D eigenvalue weighted by Gasteiger charge is -2.25. The quantitative estimate of drug-likeness (QED) is 0.437. The molecule has 3 aromatic rings. The lowest BCUT2D eigenvalue weighted by atomic mass is 9.91. The van der Waals surface area contributed by atoms with Gasteiger partial charge in [-0.15, -0.1) is 0 Å². The number of benzene rings is 3. The van der Waals surface area contributed by atoms with E-state index < -0.39 is 6.10 Å². The number of rotatable bonds is 7. The summed E-state index contributed by atoms with van der Waals surface area (Å²) < 4.78 is 29.0. The van der Waals surface area contributed by atoms with Gasteiger partial charge in [0.1, 0.15) is 34.9 Å². The van der Waals surface area contributed by atoms with Crippen LogP contribution in [0, 0.1) is 6.92 Å². The Kier molecular flexibility index (Phi) is 6.27. The number of allylic oxidation sites excluding steroid dienone is 1. The highest BCUT2D eigenvalue weighted by molar-refractivity contribution is 6.17. The number of aliphatic hydroxyl groups excluding tert-OH is 1. The first-order chi connectivity index (χ1) is 14.5. The molecule has 0 amide bonds. The van der Waals surface area contributed by atoms with E-state index >= 15 is 0 Å². The number of methoxy groups -OCH3 is 5. The third-order valence-electron chi connectivity index (χ3n) is 5.35. The summed E-state index contributed by atoms with van der Waals surface area (Å²) in [4.78, 5) is 0. The summed E-state index contributed by atoms with van der Waals surface area (Å²) in [7, 11) is 8.00. The van der Waals surface area contributed by atoms with Gasteiger partial charge in [-0.3, -0.25) is 0 Å². The molecule has 0 aromatic heterocycles. The van der Waals surface area contributed by atoms with Gasteiger partial charge in [0.2, 0.25) is 0 Å². The van der Waals surface area contributed by atoms with E-state index in [0.717, 1.165) is 16.3 Å². The Balaban J connectivity index is 2.74. The van der Waals surface area contributed by atoms with Gasteiger partial charge in [-0.05, 0) is 19.9 Å². The predicted octanol–water partition coefficient (Wildman–Crippen LogP) is 4.95. The molecule has 0 saturated carbocycles. The molecular weight excluding hydrogens is 384 g/mol. The molecule has 0 fully saturated rings. The highest BCUT2D eigenvalue weighted by atomic mass is 16.5. The van der Waals surface area contributed by atoms with Crippen molar-refractivity contribution in [1.29, 1.82) is 0 Å². The first-order valence-corrected chi connectivity index (χ1v) is 9.60. The summed E-state index contributed by atoms with van der Waals surface area (Å²) in [5, 5.41) is 13.8. The van der Waals surface area contributed by atoms with Crippen LogP contribution in [0.1, 0.15) is 24.2 Å². The van der Waals surface area contributed by atoms with Crippen molar-refractivity contribution in [3.05, 3.63) is 41.5 Å². The number of ether oxygens (including phenoxy) is 5. The van der Waals surface area contributed by atoms with Gasteiger partial charge in [0.05, 0.1) is 51.7 Å². The van der Waals surface area contributed by atoms with E-state index in [1.165, 1.54) is 0 Å². The van der Waals surface area contributed by atoms with Crippen molar-refractivity contribution in [2.45, 2.75) is 20.0 Å². The number of hydrogen-bond donors (Lipinski definition) is 1. The molecule has 160 valence electrons. The van der Waals surface area contributed by atoms with Crippen LogP contribution in [-0.4, -0.2) is 40.7 Å². The standard InChI is InChI=1S/C24H28O6/c1-8-10-15(25)17-13(2)21(27-4)19-20(23(17)29-6)24(30-7)18-14(22(19)28-5)11-9-12-16(18)26-3/h8-12,15,25H,1-7H3/b10-8+. The van der Waals surface area contributed by atoms with Crippen molar-refractivity contribution < 1.29 is 28.8 Å². The molecular formula is C24H28O6. The summed E-state index contributed by atoms with van der Waals surface area (Å²) in [6.07, 6.45) is 2.61. The van der Waals surface area contributed by atoms with Crippen molar-refractivity contribution in [2.24, 2.45) is 0 Å². The van der Waals surface area contributed by atoms with E-state index in [-0.39, 0.29) is 0 Å². The Hall–Kier alpha value is -3.12. The van der Waals surface area contributed by atoms with Crippen LogP contribution < -0.4 is 23.7 Å². The molecule has 0 heterocycles. The maximum atomic E-state index is 10.9. The van der Waals surface area contributed by atoms with E-state index in [4.69, 9.17) is 23.7 Å². The minimum Gasteiger partial charge on any atom is -0.496 e. The molecule has 1 atom stereocenters. The molecule has 30 heavy (non-hydrogen) atoms. The summed E-state index contributed by atoms with van der Waals surface area (Å²) in [6, 6.07) is 5.71. The molecule has 1 N–H and O–H groups in total. The first kappa shape index (κ1) is 21.6. The van der Waals surface area contributed by atoms with E-state index in [9.17, 15) is 5.11 Å². The minimum atomic E-state index is -0.882. The molecule has 3 aromatic carbocycles. The number of fused-ring (bicyclic) bond motifs is 2. The molecule has 0 aliphatic rings. The topological polar surface area (TPSA) is 66.4 Å². The Morgan fingerprint density at radius 3 is 1.90 bits per heavy atom. The molecule has 3 rings (SSSR count). The normalized spacial score (nSPS) is 12.4. The zero-order valence-electron chi connectivity index (χ0n) is 18.5. The van der Waals surface area contributed by atoms with Gasteiger partial charge in [0.25, 0.3) is 0 Å². The Morgan fingerprint density at radius 2 is 1.37 bits per heavy atom. The van der Waals surface area contributed by atoms with E-state index in [1.54, 1.807) is 47.7 Å². The first-order valence-electron chi connectivity index (χ1n) is 9.60. The lowest BCUT2D eigenvalue weighted by molar-refractivity contribution is 0.221. The summed E-state index contributed by atoms with van der Waals surface area (Å²) >= 11 is 0. The van der Waals surface area contributed by atoms with Crippen LogP contribution in [-0.2, 0) is 0 Å². The Bertz CT molecular complexity index is 1120. The van der Waals surface area contributed by atoms with Crippen molar-refractivity contribution in [1.82, 2.24) is 0 Å². The van der Waals surface area contributed by atoms with Gasteiger partial charge in [0, 0.05) is 16.5 Å². The Labute approximate surface area is 176 Å². The fourth-order valence-corrected chi connectivity index (χ4v) is 4.18. The van der Waals surface area contributed by atoms with E-state index in [1.807, 2.05) is 32.0 Å². The largest absolute Gasteiger partial charge is 0.496 e. The molecule has 0 spiro atoms. The monoisotopic (exact) mass is 412 g/mol. The van der Waals surface area contributed by atoms with Gasteiger partial charge in [0.15, 0.2) is 0 Å². The second-order valence-corrected chi connectivity index (χ2v) is 6.78. The average Bonchev–Trinajstić information content (AvgIpc) is 2.76. The smallest absolute Gasteiger partial charge is 0.142 e. The van der Waals surface area contributed by atoms with E-state index in [0.29, 0.717) is 45.1 Å². The molecule has 0 aliphatic carbocycles. The third kappa shape index (κ3) is 3.08. The molecule has 6 nitrogen and oxygen atoms in total. The Morgan fingerprint density at radius 1 is 0.767 bits per heavy atom. The van der Waals surface area contributed by atoms with Crippen LogP contribution in [0.2, 0.25) is 0 Å². The van der Waals surface area contributed by atoms with Crippen molar-refractivity contribution in [2.75, 3.05) is 35.5 Å². The zero-order chi connectivity index (χ0) is 22.0. The van der Waals surface area contributed by atoms with Gasteiger partial charge in [-0.25, -0.2) is 0 Å². The van der Waals surface area contributed by atoms with Crippen LogP contribution in [0.5, 0.6) is 28.7 Å². The molecule has 6 heteroatoms. The lowest BCUT2D eigenvalue weighted by Crippen LogP contribution is -2.06. The van der Waals surface area contributed by atoms with Crippen LogP contribution in [0.4, 0.5) is 0 Å². The number of hydrogen-bond acceptors (Lipinski definition) is 6. The third-order valence-corrected chi connectivity index (χ3v) is 5.35. The fourth-order valence-electron chi connectivity index (χ4n) is 4.18. The second-order valence-electron chi connectivity index (χ2n) is 6.78. The maximum Gasteiger partial charge on any atom is 0.142 e. The van der Waals surface area contributed by atoms with Crippen LogP contribution in [0.3, 0.4) is 0 Å². The van der Waals surface area contributed by atoms with Crippen LogP contribution in [0.15, 0.2) is 30.4 Å². The summed E-state index contributed by atoms with van der Waals surface area (Å²) in [6.45, 7) is 3.75. The maximum absolute atomic E-state index is 10.9. The molecule has 0 bridgehead atoms. The zero-order valence-corrected chi connectivity index (χ0v) is 18.5. The van der Waals surface area contributed by atoms with Gasteiger partial charge < -0.3 is 28.8 Å². The predicted molar refractivity (Wildman–Crippen MR) is 119 cm³/mol. The highest BCUT2D eigenvalue weighted by Gasteiger charge is 2.30. The highest BCUT2D eigenvalue weighted by Crippen LogP contribution is 2.55. The molecule has 0 radical (unpaired) electrons. The molecule has 0 saturated heterocycles. The van der Waals surface area contributed by atoms with Crippen molar-refractivity contribution in [3.63, 3.8) is 0 Å². The van der Waals surface area contributed by atoms with E-state index in [2.05, 4.69) is 0 Å². The van der Waals surface area contributed by atoms with Gasteiger partial charge >= 0.3 is 0 Å². The van der Waals surface area contributed by atoms with Crippen LogP contribution >= 0.6 is 0 Å². The minimum absolute atomic E-state index is 0.497. The van der Waals surface area contributed by atoms with Crippen molar-refractivity contribution in [3.8, 4) is 28.7 Å². The van der Waals surface area contributed by atoms with Crippen molar-refractivity contribution >= 4 is 21.5 Å².